The van der Waals surface area contributed by atoms with Gasteiger partial charge < -0.3 is 10.6 Å². The topological polar surface area (TPSA) is 61.4 Å². The van der Waals surface area contributed by atoms with Crippen molar-refractivity contribution in [1.82, 2.24) is 15.5 Å². The Morgan fingerprint density at radius 1 is 1.29 bits per heavy atom. The second kappa shape index (κ2) is 6.59. The predicted molar refractivity (Wildman–Crippen MR) is 66.5 cm³/mol. The first kappa shape index (κ1) is 14.0. The van der Waals surface area contributed by atoms with E-state index in [2.05, 4.69) is 22.5 Å². The maximum Gasteiger partial charge on any atom is 0.234 e. The second-order valence-electron chi connectivity index (χ2n) is 4.83. The molecule has 0 aromatic heterocycles. The summed E-state index contributed by atoms with van der Waals surface area (Å²) in [5.74, 6) is 0.719. The van der Waals surface area contributed by atoms with E-state index >= 15 is 0 Å². The molecule has 1 rings (SSSR count). The lowest BCUT2D eigenvalue weighted by atomic mass is 10.2. The van der Waals surface area contributed by atoms with Crippen LogP contribution < -0.4 is 10.6 Å². The Labute approximate surface area is 103 Å². The molecule has 1 unspecified atom stereocenters. The summed E-state index contributed by atoms with van der Waals surface area (Å²) in [5.41, 5.74) is 0. The number of hydrogen-bond donors (Lipinski definition) is 2. The molecule has 0 radical (unpaired) electrons. The van der Waals surface area contributed by atoms with Gasteiger partial charge >= 0.3 is 0 Å². The highest BCUT2D eigenvalue weighted by Crippen LogP contribution is 2.34. The van der Waals surface area contributed by atoms with Crippen molar-refractivity contribution >= 4 is 11.8 Å². The summed E-state index contributed by atoms with van der Waals surface area (Å²) in [4.78, 5) is 24.3. The molecule has 1 aliphatic carbocycles. The quantitative estimate of drug-likeness (QED) is 0.615. The fraction of sp³-hybridized carbons (Fsp3) is 0.833. The van der Waals surface area contributed by atoms with E-state index in [9.17, 15) is 9.59 Å². The molecule has 1 saturated carbocycles. The lowest BCUT2D eigenvalue weighted by Crippen LogP contribution is -2.42. The summed E-state index contributed by atoms with van der Waals surface area (Å²) >= 11 is 0. The predicted octanol–water partition coefficient (Wildman–Crippen LogP) is -0.0310. The van der Waals surface area contributed by atoms with Gasteiger partial charge in [-0.25, -0.2) is 0 Å². The molecule has 17 heavy (non-hydrogen) atoms. The zero-order valence-corrected chi connectivity index (χ0v) is 11.0. The molecule has 1 atom stereocenters. The van der Waals surface area contributed by atoms with Crippen molar-refractivity contribution in [1.29, 1.82) is 0 Å². The minimum atomic E-state index is -0.0706. The van der Waals surface area contributed by atoms with Crippen molar-refractivity contribution in [2.24, 2.45) is 5.92 Å². The molecule has 2 amide bonds. The summed E-state index contributed by atoms with van der Waals surface area (Å²) in [6.45, 7) is 5.04. The van der Waals surface area contributed by atoms with Crippen molar-refractivity contribution in [2.45, 2.75) is 32.7 Å². The number of carbonyl (C=O) groups excluding carboxylic acids is 2. The molecule has 5 nitrogen and oxygen atoms in total. The number of nitrogens with one attached hydrogen (secondary N) is 2. The third-order valence-electron chi connectivity index (χ3n) is 3.21. The molecule has 1 aliphatic rings. The van der Waals surface area contributed by atoms with Gasteiger partial charge in [0.15, 0.2) is 0 Å². The highest BCUT2D eigenvalue weighted by Gasteiger charge is 2.30. The number of rotatable bonds is 7. The zero-order valence-electron chi connectivity index (χ0n) is 11.0. The largest absolute Gasteiger partial charge is 0.355 e. The van der Waals surface area contributed by atoms with Crippen molar-refractivity contribution in [3.05, 3.63) is 0 Å². The summed E-state index contributed by atoms with van der Waals surface area (Å²) in [5, 5.41) is 5.43. The molecule has 0 saturated heterocycles. The Hall–Kier alpha value is -1.10. The maximum absolute atomic E-state index is 11.6. The van der Waals surface area contributed by atoms with E-state index in [1.165, 1.54) is 19.8 Å². The van der Waals surface area contributed by atoms with E-state index in [0.717, 1.165) is 5.92 Å². The van der Waals surface area contributed by atoms with E-state index in [1.54, 1.807) is 0 Å². The molecule has 0 aliphatic heterocycles. The van der Waals surface area contributed by atoms with Gasteiger partial charge in [-0.2, -0.15) is 0 Å². The van der Waals surface area contributed by atoms with Crippen LogP contribution in [-0.4, -0.2) is 49.4 Å². The Bertz CT molecular complexity index is 277. The molecular weight excluding hydrogens is 218 g/mol. The lowest BCUT2D eigenvalue weighted by molar-refractivity contribution is -0.123. The number of carbonyl (C=O) groups is 2. The molecule has 2 N–H and O–H groups in total. The Balaban J connectivity index is 2.09. The number of hydrogen-bond acceptors (Lipinski definition) is 3. The first-order valence-corrected chi connectivity index (χ1v) is 6.22. The molecule has 0 aromatic carbocycles. The summed E-state index contributed by atoms with van der Waals surface area (Å²) in [7, 11) is 1.98. The van der Waals surface area contributed by atoms with Crippen LogP contribution in [0.25, 0.3) is 0 Å². The van der Waals surface area contributed by atoms with Crippen LogP contribution in [0, 0.1) is 5.92 Å². The molecule has 98 valence electrons. The van der Waals surface area contributed by atoms with E-state index in [0.29, 0.717) is 25.7 Å². The molecule has 1 fully saturated rings. The number of nitrogens with zero attached hydrogens (tertiary/aromatic N) is 1. The molecule has 0 heterocycles. The van der Waals surface area contributed by atoms with Crippen molar-refractivity contribution in [2.75, 3.05) is 26.7 Å². The van der Waals surface area contributed by atoms with Gasteiger partial charge in [0.1, 0.15) is 0 Å². The number of likely N-dealkylation sites (N-methyl/N-ethyl adjacent to an activating group) is 1. The van der Waals surface area contributed by atoms with Gasteiger partial charge in [0.25, 0.3) is 0 Å². The monoisotopic (exact) mass is 241 g/mol. The molecular formula is C12H23N3O2. The summed E-state index contributed by atoms with van der Waals surface area (Å²) < 4.78 is 0. The number of amides is 2. The normalized spacial score (nSPS) is 16.7. The molecule has 0 spiro atoms. The fourth-order valence-electron chi connectivity index (χ4n) is 1.81. The van der Waals surface area contributed by atoms with E-state index in [-0.39, 0.29) is 11.8 Å². The maximum atomic E-state index is 11.6. The molecule has 0 bridgehead atoms. The first-order valence-electron chi connectivity index (χ1n) is 6.22. The van der Waals surface area contributed by atoms with Gasteiger partial charge in [0, 0.05) is 26.1 Å². The average molecular weight is 241 g/mol. The average Bonchev–Trinajstić information content (AvgIpc) is 3.06. The van der Waals surface area contributed by atoms with Crippen molar-refractivity contribution in [3.8, 4) is 0 Å². The van der Waals surface area contributed by atoms with Crippen LogP contribution in [0.5, 0.6) is 0 Å². The third-order valence-corrected chi connectivity index (χ3v) is 3.21. The standard InChI is InChI=1S/C12H23N3O2/c1-9(11-4-5-11)15(3)8-12(17)14-7-6-13-10(2)16/h9,11H,4-8H2,1-3H3,(H,13,16)(H,14,17). The van der Waals surface area contributed by atoms with Crippen LogP contribution in [0.4, 0.5) is 0 Å². The Morgan fingerprint density at radius 3 is 2.41 bits per heavy atom. The highest BCUT2D eigenvalue weighted by atomic mass is 16.2. The van der Waals surface area contributed by atoms with Crippen LogP contribution in [-0.2, 0) is 9.59 Å². The minimum Gasteiger partial charge on any atom is -0.355 e. The summed E-state index contributed by atoms with van der Waals surface area (Å²) in [6, 6.07) is 0.482. The zero-order chi connectivity index (χ0) is 12.8. The lowest BCUT2D eigenvalue weighted by Gasteiger charge is -2.23. The first-order chi connectivity index (χ1) is 8.00. The van der Waals surface area contributed by atoms with Crippen molar-refractivity contribution < 1.29 is 9.59 Å². The van der Waals surface area contributed by atoms with E-state index in [4.69, 9.17) is 0 Å². The second-order valence-corrected chi connectivity index (χ2v) is 4.83. The Kier molecular flexibility index (Phi) is 5.41. The van der Waals surface area contributed by atoms with Gasteiger partial charge in [0.2, 0.25) is 11.8 Å². The van der Waals surface area contributed by atoms with Crippen molar-refractivity contribution in [3.63, 3.8) is 0 Å². The third kappa shape index (κ3) is 5.68. The van der Waals surface area contributed by atoms with Crippen LogP contribution in [0.15, 0.2) is 0 Å². The van der Waals surface area contributed by atoms with Crippen LogP contribution in [0.3, 0.4) is 0 Å². The van der Waals surface area contributed by atoms with Crippen LogP contribution in [0.2, 0.25) is 0 Å². The van der Waals surface area contributed by atoms with Gasteiger partial charge in [-0.05, 0) is 32.7 Å². The van der Waals surface area contributed by atoms with Gasteiger partial charge in [-0.1, -0.05) is 0 Å². The van der Waals surface area contributed by atoms with E-state index < -0.39 is 0 Å². The Morgan fingerprint density at radius 2 is 1.88 bits per heavy atom. The van der Waals surface area contributed by atoms with Crippen LogP contribution >= 0.6 is 0 Å². The van der Waals surface area contributed by atoms with Crippen LogP contribution in [0.1, 0.15) is 26.7 Å². The van der Waals surface area contributed by atoms with Gasteiger partial charge in [-0.3, -0.25) is 14.5 Å². The summed E-state index contributed by atoms with van der Waals surface area (Å²) in [6.07, 6.45) is 2.57. The highest BCUT2D eigenvalue weighted by molar-refractivity contribution is 5.78. The van der Waals surface area contributed by atoms with E-state index in [1.807, 2.05) is 7.05 Å². The molecule has 5 heteroatoms. The van der Waals surface area contributed by atoms with Gasteiger partial charge in [0.05, 0.1) is 6.54 Å². The minimum absolute atomic E-state index is 0.0188. The SMILES string of the molecule is CC(=O)NCCNC(=O)CN(C)C(C)C1CC1. The van der Waals surface area contributed by atoms with Gasteiger partial charge in [-0.15, -0.1) is 0 Å². The smallest absolute Gasteiger partial charge is 0.234 e. The fourth-order valence-corrected chi connectivity index (χ4v) is 1.81. The molecule has 0 aromatic rings.